The van der Waals surface area contributed by atoms with E-state index < -0.39 is 0 Å². The van der Waals surface area contributed by atoms with Crippen molar-refractivity contribution >= 4 is 11.6 Å². The molecular formula is C13H10ClFO. The maximum Gasteiger partial charge on any atom is 0.123 e. The SMILES string of the molecule is OCc1cc(F)ccc1-c1ccc(Cl)cc1. The lowest BCUT2D eigenvalue weighted by molar-refractivity contribution is 0.282. The summed E-state index contributed by atoms with van der Waals surface area (Å²) in [5.74, 6) is -0.346. The molecule has 0 atom stereocenters. The average molecular weight is 237 g/mol. The minimum atomic E-state index is -0.346. The molecule has 0 unspecified atom stereocenters. The van der Waals surface area contributed by atoms with E-state index in [0.29, 0.717) is 10.6 Å². The highest BCUT2D eigenvalue weighted by molar-refractivity contribution is 6.30. The van der Waals surface area contributed by atoms with E-state index in [1.54, 1.807) is 18.2 Å². The van der Waals surface area contributed by atoms with Gasteiger partial charge < -0.3 is 5.11 Å². The Kier molecular flexibility index (Phi) is 3.22. The van der Waals surface area contributed by atoms with Gasteiger partial charge in [0.05, 0.1) is 6.61 Å². The van der Waals surface area contributed by atoms with Crippen LogP contribution in [-0.2, 0) is 6.61 Å². The standard InChI is InChI=1S/C13H10ClFO/c14-11-3-1-9(2-4-11)13-6-5-12(15)7-10(13)8-16/h1-7,16H,8H2. The number of halogens is 2. The number of benzene rings is 2. The van der Waals surface area contributed by atoms with E-state index in [0.717, 1.165) is 11.1 Å². The van der Waals surface area contributed by atoms with Crippen LogP contribution < -0.4 is 0 Å². The molecule has 0 radical (unpaired) electrons. The molecule has 0 heterocycles. The van der Waals surface area contributed by atoms with Gasteiger partial charge in [0.1, 0.15) is 5.82 Å². The van der Waals surface area contributed by atoms with Crippen LogP contribution in [0.1, 0.15) is 5.56 Å². The third kappa shape index (κ3) is 2.23. The van der Waals surface area contributed by atoms with E-state index >= 15 is 0 Å². The molecule has 0 aromatic heterocycles. The van der Waals surface area contributed by atoms with Crippen molar-refractivity contribution in [1.29, 1.82) is 0 Å². The number of aliphatic hydroxyl groups is 1. The molecule has 1 nitrogen and oxygen atoms in total. The molecular weight excluding hydrogens is 227 g/mol. The molecule has 0 saturated carbocycles. The van der Waals surface area contributed by atoms with Crippen LogP contribution in [0.2, 0.25) is 5.02 Å². The fourth-order valence-electron chi connectivity index (χ4n) is 1.60. The van der Waals surface area contributed by atoms with Gasteiger partial charge in [0.25, 0.3) is 0 Å². The van der Waals surface area contributed by atoms with Crippen molar-refractivity contribution in [3.63, 3.8) is 0 Å². The van der Waals surface area contributed by atoms with Crippen molar-refractivity contribution in [3.05, 3.63) is 58.9 Å². The molecule has 3 heteroatoms. The van der Waals surface area contributed by atoms with Gasteiger partial charge in [0.15, 0.2) is 0 Å². The van der Waals surface area contributed by atoms with Crippen LogP contribution in [0, 0.1) is 5.82 Å². The van der Waals surface area contributed by atoms with E-state index in [1.807, 2.05) is 12.1 Å². The van der Waals surface area contributed by atoms with E-state index in [1.165, 1.54) is 12.1 Å². The van der Waals surface area contributed by atoms with Gasteiger partial charge in [-0.1, -0.05) is 29.8 Å². The molecule has 16 heavy (non-hydrogen) atoms. The molecule has 2 aromatic carbocycles. The molecule has 2 rings (SSSR count). The molecule has 0 aliphatic carbocycles. The van der Waals surface area contributed by atoms with Crippen molar-refractivity contribution < 1.29 is 9.50 Å². The summed E-state index contributed by atoms with van der Waals surface area (Å²) < 4.78 is 13.0. The number of hydrogen-bond acceptors (Lipinski definition) is 1. The van der Waals surface area contributed by atoms with E-state index in [-0.39, 0.29) is 12.4 Å². The predicted octanol–water partition coefficient (Wildman–Crippen LogP) is 3.64. The molecule has 0 amide bonds. The zero-order chi connectivity index (χ0) is 11.5. The van der Waals surface area contributed by atoms with Crippen LogP contribution in [0.25, 0.3) is 11.1 Å². The fraction of sp³-hybridized carbons (Fsp3) is 0.0769. The highest BCUT2D eigenvalue weighted by Gasteiger charge is 2.05. The summed E-state index contributed by atoms with van der Waals surface area (Å²) in [4.78, 5) is 0. The highest BCUT2D eigenvalue weighted by atomic mass is 35.5. The highest BCUT2D eigenvalue weighted by Crippen LogP contribution is 2.25. The van der Waals surface area contributed by atoms with Crippen LogP contribution in [-0.4, -0.2) is 5.11 Å². The van der Waals surface area contributed by atoms with Crippen LogP contribution >= 0.6 is 11.6 Å². The van der Waals surface area contributed by atoms with Crippen molar-refractivity contribution in [3.8, 4) is 11.1 Å². The Morgan fingerprint density at radius 3 is 2.38 bits per heavy atom. The summed E-state index contributed by atoms with van der Waals surface area (Å²) in [7, 11) is 0. The summed E-state index contributed by atoms with van der Waals surface area (Å²) in [5, 5.41) is 9.82. The summed E-state index contributed by atoms with van der Waals surface area (Å²) in [5.41, 5.74) is 2.30. The summed E-state index contributed by atoms with van der Waals surface area (Å²) in [6.07, 6.45) is 0. The second-order valence-corrected chi connectivity index (χ2v) is 3.90. The monoisotopic (exact) mass is 236 g/mol. The van der Waals surface area contributed by atoms with Gasteiger partial charge in [-0.3, -0.25) is 0 Å². The maximum atomic E-state index is 13.0. The number of hydrogen-bond donors (Lipinski definition) is 1. The van der Waals surface area contributed by atoms with E-state index in [2.05, 4.69) is 0 Å². The first-order valence-electron chi connectivity index (χ1n) is 4.86. The van der Waals surface area contributed by atoms with Gasteiger partial charge in [-0.05, 0) is 41.0 Å². The maximum absolute atomic E-state index is 13.0. The van der Waals surface area contributed by atoms with Gasteiger partial charge in [-0.15, -0.1) is 0 Å². The minimum Gasteiger partial charge on any atom is -0.392 e. The molecule has 2 aromatic rings. The first-order chi connectivity index (χ1) is 7.70. The smallest absolute Gasteiger partial charge is 0.123 e. The quantitative estimate of drug-likeness (QED) is 0.844. The first-order valence-corrected chi connectivity index (χ1v) is 5.24. The van der Waals surface area contributed by atoms with Gasteiger partial charge >= 0.3 is 0 Å². The fourth-order valence-corrected chi connectivity index (χ4v) is 1.73. The van der Waals surface area contributed by atoms with Crippen LogP contribution in [0.15, 0.2) is 42.5 Å². The van der Waals surface area contributed by atoms with Gasteiger partial charge in [-0.25, -0.2) is 4.39 Å². The van der Waals surface area contributed by atoms with Gasteiger partial charge in [-0.2, -0.15) is 0 Å². The molecule has 0 aliphatic heterocycles. The molecule has 0 saturated heterocycles. The van der Waals surface area contributed by atoms with Crippen LogP contribution in [0.3, 0.4) is 0 Å². The zero-order valence-electron chi connectivity index (χ0n) is 8.45. The molecule has 82 valence electrons. The first kappa shape index (κ1) is 11.1. The summed E-state index contributed by atoms with van der Waals surface area (Å²) >= 11 is 5.79. The van der Waals surface area contributed by atoms with Crippen molar-refractivity contribution in [1.82, 2.24) is 0 Å². The Balaban J connectivity index is 2.51. The third-order valence-corrected chi connectivity index (χ3v) is 2.64. The second-order valence-electron chi connectivity index (χ2n) is 3.47. The van der Waals surface area contributed by atoms with Crippen molar-refractivity contribution in [2.24, 2.45) is 0 Å². The van der Waals surface area contributed by atoms with Crippen LogP contribution in [0.5, 0.6) is 0 Å². The Hall–Kier alpha value is -1.38. The largest absolute Gasteiger partial charge is 0.392 e. The molecule has 0 spiro atoms. The predicted molar refractivity (Wildman–Crippen MR) is 62.8 cm³/mol. The number of aliphatic hydroxyl groups excluding tert-OH is 1. The average Bonchev–Trinajstić information content (AvgIpc) is 2.30. The zero-order valence-corrected chi connectivity index (χ0v) is 9.21. The lowest BCUT2D eigenvalue weighted by Crippen LogP contribution is -1.90. The molecule has 0 bridgehead atoms. The molecule has 0 aliphatic rings. The van der Waals surface area contributed by atoms with Crippen molar-refractivity contribution in [2.45, 2.75) is 6.61 Å². The third-order valence-electron chi connectivity index (χ3n) is 2.39. The summed E-state index contributed by atoms with van der Waals surface area (Å²) in [6.45, 7) is -0.185. The molecule has 1 N–H and O–H groups in total. The van der Waals surface area contributed by atoms with Crippen LogP contribution in [0.4, 0.5) is 4.39 Å². The van der Waals surface area contributed by atoms with Crippen molar-refractivity contribution in [2.75, 3.05) is 0 Å². The molecule has 0 fully saturated rings. The Labute approximate surface area is 98.1 Å². The topological polar surface area (TPSA) is 20.2 Å². The minimum absolute atomic E-state index is 0.185. The Morgan fingerprint density at radius 1 is 1.06 bits per heavy atom. The normalized spacial score (nSPS) is 10.4. The Morgan fingerprint density at radius 2 is 1.75 bits per heavy atom. The van der Waals surface area contributed by atoms with Gasteiger partial charge in [0.2, 0.25) is 0 Å². The second kappa shape index (κ2) is 4.64. The van der Waals surface area contributed by atoms with Gasteiger partial charge in [0, 0.05) is 5.02 Å². The lowest BCUT2D eigenvalue weighted by Gasteiger charge is -2.07. The Bertz CT molecular complexity index is 494. The lowest BCUT2D eigenvalue weighted by atomic mass is 10.00. The van der Waals surface area contributed by atoms with E-state index in [4.69, 9.17) is 16.7 Å². The number of rotatable bonds is 2. The summed E-state index contributed by atoms with van der Waals surface area (Å²) in [6, 6.07) is 11.6. The van der Waals surface area contributed by atoms with E-state index in [9.17, 15) is 4.39 Å².